The van der Waals surface area contributed by atoms with Crippen LogP contribution in [-0.4, -0.2) is 68.4 Å². The molecule has 1 aromatic carbocycles. The van der Waals surface area contributed by atoms with Crippen LogP contribution >= 0.6 is 11.6 Å². The summed E-state index contributed by atoms with van der Waals surface area (Å²) in [5.74, 6) is -0.0223. The second-order valence-corrected chi connectivity index (χ2v) is 10.9. The molecule has 9 nitrogen and oxygen atoms in total. The summed E-state index contributed by atoms with van der Waals surface area (Å²) < 4.78 is 20.1. The number of nitrogens with zero attached hydrogens (tertiary/aromatic N) is 5. The van der Waals surface area contributed by atoms with E-state index in [1.807, 2.05) is 18.4 Å². The van der Waals surface area contributed by atoms with Crippen LogP contribution in [0, 0.1) is 0 Å². The van der Waals surface area contributed by atoms with Crippen molar-refractivity contribution >= 4 is 28.6 Å². The lowest BCUT2D eigenvalue weighted by atomic mass is 9.65. The Morgan fingerprint density at radius 1 is 1.14 bits per heavy atom. The maximum atomic E-state index is 9.86. The van der Waals surface area contributed by atoms with E-state index in [2.05, 4.69) is 44.1 Å². The van der Waals surface area contributed by atoms with Crippen molar-refractivity contribution in [2.45, 2.75) is 68.9 Å². The number of imidazole rings is 1. The molecule has 10 heteroatoms. The highest BCUT2D eigenvalue weighted by Crippen LogP contribution is 2.47. The fourth-order valence-electron chi connectivity index (χ4n) is 6.48. The molecule has 3 aliphatic heterocycles. The predicted molar refractivity (Wildman–Crippen MR) is 128 cm³/mol. The average molecular weight is 498 g/mol. The van der Waals surface area contributed by atoms with Crippen molar-refractivity contribution in [3.8, 4) is 0 Å². The van der Waals surface area contributed by atoms with Crippen molar-refractivity contribution in [1.29, 1.82) is 0 Å². The summed E-state index contributed by atoms with van der Waals surface area (Å²) in [5, 5.41) is 10.0. The number of halogens is 1. The summed E-state index contributed by atoms with van der Waals surface area (Å²) in [6.07, 6.45) is 3.39. The van der Waals surface area contributed by atoms with E-state index >= 15 is 0 Å². The lowest BCUT2D eigenvalue weighted by Gasteiger charge is -2.53. The minimum atomic E-state index is -0.763. The van der Waals surface area contributed by atoms with Gasteiger partial charge in [-0.25, -0.2) is 4.98 Å². The van der Waals surface area contributed by atoms with Crippen molar-refractivity contribution in [2.75, 3.05) is 24.6 Å². The third kappa shape index (κ3) is 3.25. The smallest absolute Gasteiger partial charge is 0.226 e. The third-order valence-corrected chi connectivity index (χ3v) is 8.10. The molecule has 0 bridgehead atoms. The normalized spacial score (nSPS) is 30.5. The highest BCUT2D eigenvalue weighted by atomic mass is 35.5. The molecule has 3 saturated heterocycles. The molecule has 0 saturated carbocycles. The maximum Gasteiger partial charge on any atom is 0.226 e. The molecule has 1 unspecified atom stereocenters. The number of aryl methyl sites for hydroxylation is 1. The van der Waals surface area contributed by atoms with Crippen molar-refractivity contribution in [3.63, 3.8) is 0 Å². The van der Waals surface area contributed by atoms with Crippen LogP contribution in [-0.2, 0) is 26.0 Å². The SMILES string of the molecule is CC1(C)OC2[C@@H](O1)[C@@H](CO)O[C@H]2n1cnc2c(N3CC4(CCCc5ccccc54)C3)nc(Cl)nc21. The summed E-state index contributed by atoms with van der Waals surface area (Å²) in [4.78, 5) is 16.0. The van der Waals surface area contributed by atoms with Gasteiger partial charge >= 0.3 is 0 Å². The van der Waals surface area contributed by atoms with Crippen LogP contribution in [0.25, 0.3) is 11.2 Å². The first-order valence-corrected chi connectivity index (χ1v) is 12.6. The number of ether oxygens (including phenoxy) is 3. The molecule has 5 heterocycles. The van der Waals surface area contributed by atoms with E-state index in [0.717, 1.165) is 25.3 Å². The van der Waals surface area contributed by atoms with E-state index in [1.54, 1.807) is 6.33 Å². The molecular formula is C25H28ClN5O4. The summed E-state index contributed by atoms with van der Waals surface area (Å²) in [7, 11) is 0. The number of benzene rings is 1. The van der Waals surface area contributed by atoms with Crippen LogP contribution in [0.3, 0.4) is 0 Å². The van der Waals surface area contributed by atoms with Gasteiger partial charge in [-0.05, 0) is 55.8 Å². The molecule has 4 atom stereocenters. The van der Waals surface area contributed by atoms with Gasteiger partial charge in [0.05, 0.1) is 12.9 Å². The molecule has 0 amide bonds. The fourth-order valence-corrected chi connectivity index (χ4v) is 6.64. The van der Waals surface area contributed by atoms with Gasteiger partial charge in [0.1, 0.15) is 18.3 Å². The summed E-state index contributed by atoms with van der Waals surface area (Å²) in [5.41, 5.74) is 4.34. The minimum absolute atomic E-state index is 0.151. The second-order valence-electron chi connectivity index (χ2n) is 10.6. The fraction of sp³-hybridized carbons (Fsp3) is 0.560. The minimum Gasteiger partial charge on any atom is -0.394 e. The van der Waals surface area contributed by atoms with Crippen LogP contribution in [0.5, 0.6) is 0 Å². The van der Waals surface area contributed by atoms with E-state index in [9.17, 15) is 5.11 Å². The Kier molecular flexibility index (Phi) is 4.76. The van der Waals surface area contributed by atoms with Crippen molar-refractivity contribution < 1.29 is 19.3 Å². The largest absolute Gasteiger partial charge is 0.394 e. The Bertz CT molecular complexity index is 1310. The van der Waals surface area contributed by atoms with Gasteiger partial charge in [0, 0.05) is 18.5 Å². The lowest BCUT2D eigenvalue weighted by Crippen LogP contribution is -2.61. The van der Waals surface area contributed by atoms with Gasteiger partial charge in [0.15, 0.2) is 29.0 Å². The van der Waals surface area contributed by atoms with Gasteiger partial charge in [-0.3, -0.25) is 4.57 Å². The topological polar surface area (TPSA) is 94.8 Å². The molecule has 3 aromatic rings. The molecule has 1 N–H and O–H groups in total. The number of hydrogen-bond donors (Lipinski definition) is 1. The molecule has 0 radical (unpaired) electrons. The van der Waals surface area contributed by atoms with Crippen molar-refractivity contribution in [2.24, 2.45) is 0 Å². The molecule has 4 aliphatic rings. The molecule has 35 heavy (non-hydrogen) atoms. The Balaban J connectivity index is 1.23. The van der Waals surface area contributed by atoms with Gasteiger partial charge in [-0.2, -0.15) is 9.97 Å². The number of fused-ring (bicyclic) bond motifs is 4. The standard InChI is InChI=1S/C25H28ClN5O4/c1-24(2)34-18-16(10-32)33-22(19(18)35-24)31-13-27-17-20(28-23(26)29-21(17)31)30-11-25(12-30)9-5-7-14-6-3-4-8-15(14)25/h3-4,6,8,13,16,18-19,22,32H,5,7,9-12H2,1-2H3/t16-,18+,19?,22-/m1/s1. The maximum absolute atomic E-state index is 9.86. The lowest BCUT2D eigenvalue weighted by molar-refractivity contribution is -0.199. The molecule has 1 spiro atoms. The Morgan fingerprint density at radius 3 is 2.77 bits per heavy atom. The van der Waals surface area contributed by atoms with E-state index < -0.39 is 24.2 Å². The van der Waals surface area contributed by atoms with Crippen molar-refractivity contribution in [1.82, 2.24) is 19.5 Å². The molecule has 1 aliphatic carbocycles. The second kappa shape index (κ2) is 7.60. The number of hydrogen-bond acceptors (Lipinski definition) is 8. The van der Waals surface area contributed by atoms with E-state index in [4.69, 9.17) is 25.8 Å². The zero-order chi connectivity index (χ0) is 23.9. The van der Waals surface area contributed by atoms with E-state index in [1.165, 1.54) is 24.0 Å². The Morgan fingerprint density at radius 2 is 1.94 bits per heavy atom. The zero-order valence-electron chi connectivity index (χ0n) is 19.7. The number of anilines is 1. The summed E-state index contributed by atoms with van der Waals surface area (Å²) in [6, 6.07) is 8.80. The monoisotopic (exact) mass is 497 g/mol. The molecule has 3 fully saturated rings. The Labute approximate surface area is 208 Å². The molecule has 184 valence electrons. The van der Waals surface area contributed by atoms with Crippen LogP contribution in [0.2, 0.25) is 5.28 Å². The average Bonchev–Trinajstić information content (AvgIpc) is 3.46. The van der Waals surface area contributed by atoms with Gasteiger partial charge in [-0.1, -0.05) is 24.3 Å². The van der Waals surface area contributed by atoms with Gasteiger partial charge in [0.2, 0.25) is 5.28 Å². The number of aliphatic hydroxyl groups excluding tert-OH is 1. The molecule has 7 rings (SSSR count). The first kappa shape index (κ1) is 21.9. The van der Waals surface area contributed by atoms with Gasteiger partial charge in [0.25, 0.3) is 0 Å². The highest BCUT2D eigenvalue weighted by molar-refractivity contribution is 6.28. The quantitative estimate of drug-likeness (QED) is 0.552. The molecular weight excluding hydrogens is 470 g/mol. The van der Waals surface area contributed by atoms with E-state index in [-0.39, 0.29) is 23.4 Å². The first-order valence-electron chi connectivity index (χ1n) is 12.2. The molecule has 2 aromatic heterocycles. The number of aliphatic hydroxyl groups is 1. The zero-order valence-corrected chi connectivity index (χ0v) is 20.5. The number of aromatic nitrogens is 4. The first-order chi connectivity index (χ1) is 16.9. The van der Waals surface area contributed by atoms with Crippen LogP contribution in [0.15, 0.2) is 30.6 Å². The summed E-state index contributed by atoms with van der Waals surface area (Å²) >= 11 is 6.43. The van der Waals surface area contributed by atoms with E-state index in [0.29, 0.717) is 11.2 Å². The van der Waals surface area contributed by atoms with Crippen molar-refractivity contribution in [3.05, 3.63) is 47.0 Å². The van der Waals surface area contributed by atoms with Gasteiger partial charge in [-0.15, -0.1) is 0 Å². The third-order valence-electron chi connectivity index (χ3n) is 7.93. The van der Waals surface area contributed by atoms with Crippen LogP contribution < -0.4 is 4.90 Å². The van der Waals surface area contributed by atoms with Crippen LogP contribution in [0.4, 0.5) is 5.82 Å². The van der Waals surface area contributed by atoms with Gasteiger partial charge < -0.3 is 24.2 Å². The predicted octanol–water partition coefficient (Wildman–Crippen LogP) is 2.98. The number of rotatable bonds is 3. The highest BCUT2D eigenvalue weighted by Gasteiger charge is 2.56. The van der Waals surface area contributed by atoms with Crippen LogP contribution in [0.1, 0.15) is 44.0 Å². The summed E-state index contributed by atoms with van der Waals surface area (Å²) in [6.45, 7) is 5.32. The Hall–Kier alpha value is -2.30.